The first kappa shape index (κ1) is 9.68. The molecule has 1 amide bonds. The van der Waals surface area contributed by atoms with E-state index in [1.165, 1.54) is 0 Å². The van der Waals surface area contributed by atoms with Gasteiger partial charge in [0.2, 0.25) is 5.91 Å². The lowest BCUT2D eigenvalue weighted by Crippen LogP contribution is -2.54. The molecule has 3 nitrogen and oxygen atoms in total. The molecule has 0 bridgehead atoms. The summed E-state index contributed by atoms with van der Waals surface area (Å²) >= 11 is 1.59. The van der Waals surface area contributed by atoms with Gasteiger partial charge in [-0.15, -0.1) is 11.3 Å². The quantitative estimate of drug-likeness (QED) is 0.770. The Morgan fingerprint density at radius 1 is 1.57 bits per heavy atom. The van der Waals surface area contributed by atoms with Gasteiger partial charge in [-0.1, -0.05) is 6.07 Å². The fraction of sp³-hybridized carbons (Fsp3) is 0.500. The summed E-state index contributed by atoms with van der Waals surface area (Å²) in [6, 6.07) is 3.94. The molecule has 1 saturated heterocycles. The van der Waals surface area contributed by atoms with E-state index in [1.807, 2.05) is 17.5 Å². The number of nitrogens with two attached hydrogens (primary N) is 1. The predicted molar refractivity (Wildman–Crippen MR) is 57.0 cm³/mol. The van der Waals surface area contributed by atoms with Gasteiger partial charge in [-0.3, -0.25) is 10.1 Å². The molecule has 1 fully saturated rings. The normalized spacial score (nSPS) is 27.4. The van der Waals surface area contributed by atoms with Crippen LogP contribution in [0.5, 0.6) is 0 Å². The van der Waals surface area contributed by atoms with Gasteiger partial charge >= 0.3 is 0 Å². The number of carbonyl (C=O) groups is 1. The summed E-state index contributed by atoms with van der Waals surface area (Å²) in [4.78, 5) is 12.6. The number of nitrogens with one attached hydrogen (secondary N) is 1. The van der Waals surface area contributed by atoms with Gasteiger partial charge in [-0.05, 0) is 37.3 Å². The number of carbonyl (C=O) groups excluding carboxylic acids is 1. The van der Waals surface area contributed by atoms with Crippen LogP contribution in [-0.2, 0) is 10.3 Å². The van der Waals surface area contributed by atoms with Gasteiger partial charge < -0.3 is 5.73 Å². The molecular formula is C10H14N2OS. The van der Waals surface area contributed by atoms with Crippen LogP contribution >= 0.6 is 11.3 Å². The van der Waals surface area contributed by atoms with Crippen LogP contribution in [0.2, 0.25) is 0 Å². The Balaban J connectivity index is 2.35. The fourth-order valence-corrected chi connectivity index (χ4v) is 2.91. The summed E-state index contributed by atoms with van der Waals surface area (Å²) in [6.45, 7) is 0.876. The van der Waals surface area contributed by atoms with Crippen molar-refractivity contribution >= 4 is 17.2 Å². The van der Waals surface area contributed by atoms with Gasteiger partial charge in [-0.25, -0.2) is 0 Å². The number of piperidine rings is 1. The second-order valence-electron chi connectivity index (χ2n) is 3.63. The van der Waals surface area contributed by atoms with E-state index in [9.17, 15) is 4.79 Å². The van der Waals surface area contributed by atoms with Crippen molar-refractivity contribution in [2.45, 2.75) is 24.8 Å². The van der Waals surface area contributed by atoms with Gasteiger partial charge in [0.05, 0.1) is 0 Å². The second-order valence-corrected chi connectivity index (χ2v) is 4.58. The van der Waals surface area contributed by atoms with Gasteiger partial charge in [0.25, 0.3) is 0 Å². The Labute approximate surface area is 87.3 Å². The van der Waals surface area contributed by atoms with Crippen LogP contribution in [0.25, 0.3) is 0 Å². The van der Waals surface area contributed by atoms with Crippen LogP contribution in [0, 0.1) is 0 Å². The number of amides is 1. The summed E-state index contributed by atoms with van der Waals surface area (Å²) in [5, 5.41) is 5.25. The van der Waals surface area contributed by atoms with E-state index in [-0.39, 0.29) is 5.91 Å². The molecule has 3 N–H and O–H groups in total. The molecule has 0 spiro atoms. The molecule has 0 aliphatic carbocycles. The zero-order valence-corrected chi connectivity index (χ0v) is 8.77. The summed E-state index contributed by atoms with van der Waals surface area (Å²) < 4.78 is 0. The number of primary amides is 1. The maximum atomic E-state index is 11.5. The molecule has 1 unspecified atom stereocenters. The van der Waals surface area contributed by atoms with Crippen LogP contribution in [0.15, 0.2) is 17.5 Å². The van der Waals surface area contributed by atoms with Crippen molar-refractivity contribution in [2.75, 3.05) is 6.54 Å². The van der Waals surface area contributed by atoms with Crippen molar-refractivity contribution in [1.82, 2.24) is 5.32 Å². The van der Waals surface area contributed by atoms with E-state index >= 15 is 0 Å². The number of hydrogen-bond acceptors (Lipinski definition) is 3. The molecule has 1 aromatic rings. The topological polar surface area (TPSA) is 55.1 Å². The van der Waals surface area contributed by atoms with E-state index in [1.54, 1.807) is 11.3 Å². The molecule has 1 atom stereocenters. The molecular weight excluding hydrogens is 196 g/mol. The Hall–Kier alpha value is -0.870. The average molecular weight is 210 g/mol. The first-order valence-electron chi connectivity index (χ1n) is 4.85. The first-order chi connectivity index (χ1) is 6.76. The van der Waals surface area contributed by atoms with E-state index in [0.717, 1.165) is 30.7 Å². The lowest BCUT2D eigenvalue weighted by molar-refractivity contribution is -0.125. The molecule has 14 heavy (non-hydrogen) atoms. The van der Waals surface area contributed by atoms with E-state index < -0.39 is 5.54 Å². The minimum absolute atomic E-state index is 0.250. The molecule has 1 aliphatic rings. The highest BCUT2D eigenvalue weighted by Gasteiger charge is 2.40. The summed E-state index contributed by atoms with van der Waals surface area (Å²) in [7, 11) is 0. The second kappa shape index (κ2) is 3.71. The van der Waals surface area contributed by atoms with Crippen LogP contribution in [0.1, 0.15) is 24.1 Å². The van der Waals surface area contributed by atoms with Crippen LogP contribution in [0.4, 0.5) is 0 Å². The smallest absolute Gasteiger partial charge is 0.243 e. The minimum atomic E-state index is -0.591. The Morgan fingerprint density at radius 2 is 2.43 bits per heavy atom. The number of rotatable bonds is 2. The molecule has 2 heterocycles. The molecule has 1 aliphatic heterocycles. The zero-order valence-electron chi connectivity index (χ0n) is 7.95. The number of hydrogen-bond donors (Lipinski definition) is 2. The molecule has 0 aromatic carbocycles. The highest BCUT2D eigenvalue weighted by molar-refractivity contribution is 7.10. The van der Waals surface area contributed by atoms with Crippen LogP contribution < -0.4 is 11.1 Å². The van der Waals surface area contributed by atoms with Crippen molar-refractivity contribution in [3.05, 3.63) is 22.4 Å². The molecule has 76 valence electrons. The highest BCUT2D eigenvalue weighted by Crippen LogP contribution is 2.32. The van der Waals surface area contributed by atoms with Crippen molar-refractivity contribution < 1.29 is 4.79 Å². The maximum absolute atomic E-state index is 11.5. The van der Waals surface area contributed by atoms with Crippen LogP contribution in [-0.4, -0.2) is 12.5 Å². The third-order valence-electron chi connectivity index (χ3n) is 2.77. The van der Waals surface area contributed by atoms with E-state index in [2.05, 4.69) is 5.32 Å². The first-order valence-corrected chi connectivity index (χ1v) is 5.72. The summed E-state index contributed by atoms with van der Waals surface area (Å²) in [5.74, 6) is -0.250. The molecule has 0 radical (unpaired) electrons. The third kappa shape index (κ3) is 1.44. The predicted octanol–water partition coefficient (Wildman–Crippen LogP) is 1.20. The van der Waals surface area contributed by atoms with Crippen molar-refractivity contribution in [1.29, 1.82) is 0 Å². The standard InChI is InChI=1S/C10H14N2OS/c11-9(13)10(5-1-2-6-12-10)8-4-3-7-14-8/h3-4,7,12H,1-2,5-6H2,(H2,11,13). The largest absolute Gasteiger partial charge is 0.368 e. The van der Waals surface area contributed by atoms with Gasteiger partial charge in [-0.2, -0.15) is 0 Å². The fourth-order valence-electron chi connectivity index (χ4n) is 1.97. The van der Waals surface area contributed by atoms with Gasteiger partial charge in [0.15, 0.2) is 0 Å². The highest BCUT2D eigenvalue weighted by atomic mass is 32.1. The summed E-state index contributed by atoms with van der Waals surface area (Å²) in [5.41, 5.74) is 4.91. The maximum Gasteiger partial charge on any atom is 0.243 e. The average Bonchev–Trinajstić information content (AvgIpc) is 2.72. The van der Waals surface area contributed by atoms with Crippen molar-refractivity contribution in [2.24, 2.45) is 5.73 Å². The lowest BCUT2D eigenvalue weighted by atomic mass is 9.87. The molecule has 0 saturated carbocycles. The Kier molecular flexibility index (Phi) is 2.56. The minimum Gasteiger partial charge on any atom is -0.368 e. The lowest BCUT2D eigenvalue weighted by Gasteiger charge is -2.34. The van der Waals surface area contributed by atoms with E-state index in [4.69, 9.17) is 5.73 Å². The van der Waals surface area contributed by atoms with Crippen molar-refractivity contribution in [3.63, 3.8) is 0 Å². The summed E-state index contributed by atoms with van der Waals surface area (Å²) in [6.07, 6.45) is 3.01. The Morgan fingerprint density at radius 3 is 2.93 bits per heavy atom. The van der Waals surface area contributed by atoms with Crippen molar-refractivity contribution in [3.8, 4) is 0 Å². The molecule has 2 rings (SSSR count). The number of thiophene rings is 1. The van der Waals surface area contributed by atoms with Crippen LogP contribution in [0.3, 0.4) is 0 Å². The molecule has 1 aromatic heterocycles. The third-order valence-corrected chi connectivity index (χ3v) is 3.80. The SMILES string of the molecule is NC(=O)C1(c2cccs2)CCCCN1. The Bertz CT molecular complexity index is 315. The van der Waals surface area contributed by atoms with Gasteiger partial charge in [0, 0.05) is 4.88 Å². The zero-order chi connectivity index (χ0) is 10.0. The van der Waals surface area contributed by atoms with E-state index in [0.29, 0.717) is 0 Å². The van der Waals surface area contributed by atoms with Gasteiger partial charge in [0.1, 0.15) is 5.54 Å². The molecule has 4 heteroatoms. The monoisotopic (exact) mass is 210 g/mol.